The van der Waals surface area contributed by atoms with Gasteiger partial charge in [0, 0.05) is 31.5 Å². The average molecular weight is 283 g/mol. The molecule has 0 aliphatic heterocycles. The molecule has 1 aromatic rings. The predicted octanol–water partition coefficient (Wildman–Crippen LogP) is 1.28. The Morgan fingerprint density at radius 1 is 1.21 bits per heavy atom. The van der Waals surface area contributed by atoms with Crippen LogP contribution >= 0.6 is 0 Å². The molecule has 0 amide bonds. The van der Waals surface area contributed by atoms with Gasteiger partial charge in [-0.3, -0.25) is 0 Å². The molecule has 1 heterocycles. The molecule has 2 aliphatic carbocycles. The molecular formula is C13H21N3O2S. The summed E-state index contributed by atoms with van der Waals surface area (Å²) in [5.74, 6) is 1.14. The monoisotopic (exact) mass is 283 g/mol. The van der Waals surface area contributed by atoms with E-state index in [-0.39, 0.29) is 0 Å². The number of rotatable bonds is 7. The molecule has 106 valence electrons. The first-order valence-electron chi connectivity index (χ1n) is 6.97. The van der Waals surface area contributed by atoms with Crippen molar-refractivity contribution in [3.05, 3.63) is 18.0 Å². The van der Waals surface area contributed by atoms with Gasteiger partial charge in [0.25, 0.3) is 0 Å². The van der Waals surface area contributed by atoms with E-state index in [1.165, 1.54) is 0 Å². The third kappa shape index (κ3) is 3.01. The second-order valence-electron chi connectivity index (χ2n) is 5.77. The van der Waals surface area contributed by atoms with Crippen molar-refractivity contribution in [1.82, 2.24) is 9.29 Å². The standard InChI is InChI=1S/C13H21N3O2S/c14-6-12-5-13(7-15-12)19(17,18)16(8-10-1-2-10)9-11-3-4-11/h5,7,10-11,15H,1-4,6,8-9,14H2. The normalized spacial score (nSPS) is 20.1. The van der Waals surface area contributed by atoms with Crippen molar-refractivity contribution in [3.63, 3.8) is 0 Å². The number of hydrogen-bond donors (Lipinski definition) is 2. The molecule has 3 N–H and O–H groups in total. The predicted molar refractivity (Wildman–Crippen MR) is 72.9 cm³/mol. The molecule has 6 heteroatoms. The number of aromatic nitrogens is 1. The van der Waals surface area contributed by atoms with Gasteiger partial charge in [-0.15, -0.1) is 0 Å². The number of nitrogens with zero attached hydrogens (tertiary/aromatic N) is 1. The van der Waals surface area contributed by atoms with Crippen molar-refractivity contribution in [1.29, 1.82) is 0 Å². The van der Waals surface area contributed by atoms with Crippen molar-refractivity contribution in [3.8, 4) is 0 Å². The van der Waals surface area contributed by atoms with E-state index in [4.69, 9.17) is 5.73 Å². The lowest BCUT2D eigenvalue weighted by atomic mass is 10.4. The van der Waals surface area contributed by atoms with Crippen LogP contribution in [0.15, 0.2) is 17.2 Å². The summed E-state index contributed by atoms with van der Waals surface area (Å²) in [5.41, 5.74) is 6.28. The van der Waals surface area contributed by atoms with Gasteiger partial charge in [0.1, 0.15) is 0 Å². The zero-order valence-electron chi connectivity index (χ0n) is 11.0. The zero-order chi connectivity index (χ0) is 13.5. The van der Waals surface area contributed by atoms with Crippen molar-refractivity contribution in [2.45, 2.75) is 37.1 Å². The van der Waals surface area contributed by atoms with Crippen LogP contribution in [0.25, 0.3) is 0 Å². The van der Waals surface area contributed by atoms with Crippen molar-refractivity contribution >= 4 is 10.0 Å². The average Bonchev–Trinajstić information content (AvgIpc) is 3.30. The summed E-state index contributed by atoms with van der Waals surface area (Å²) in [6.45, 7) is 1.70. The topological polar surface area (TPSA) is 79.2 Å². The first-order valence-corrected chi connectivity index (χ1v) is 8.41. The Morgan fingerprint density at radius 3 is 2.21 bits per heavy atom. The van der Waals surface area contributed by atoms with Crippen LogP contribution in [-0.4, -0.2) is 30.8 Å². The summed E-state index contributed by atoms with van der Waals surface area (Å²) < 4.78 is 27.0. The first kappa shape index (κ1) is 13.1. The number of H-pyrrole nitrogens is 1. The summed E-state index contributed by atoms with van der Waals surface area (Å²) in [5, 5.41) is 0. The van der Waals surface area contributed by atoms with E-state index in [0.717, 1.165) is 31.4 Å². The Kier molecular flexibility index (Phi) is 3.41. The summed E-state index contributed by atoms with van der Waals surface area (Å²) in [4.78, 5) is 3.28. The number of hydrogen-bond acceptors (Lipinski definition) is 3. The summed E-state index contributed by atoms with van der Waals surface area (Å²) >= 11 is 0. The lowest BCUT2D eigenvalue weighted by molar-refractivity contribution is 0.382. The fraction of sp³-hybridized carbons (Fsp3) is 0.692. The number of nitrogens with two attached hydrogens (primary N) is 1. The summed E-state index contributed by atoms with van der Waals surface area (Å²) in [6, 6.07) is 1.65. The van der Waals surface area contributed by atoms with Crippen LogP contribution in [0.3, 0.4) is 0 Å². The lowest BCUT2D eigenvalue weighted by Crippen LogP contribution is -2.34. The highest BCUT2D eigenvalue weighted by Gasteiger charge is 2.35. The summed E-state index contributed by atoms with van der Waals surface area (Å²) in [7, 11) is -3.35. The van der Waals surface area contributed by atoms with Crippen LogP contribution in [0, 0.1) is 11.8 Å². The fourth-order valence-electron chi connectivity index (χ4n) is 2.28. The molecule has 0 unspecified atom stereocenters. The van der Waals surface area contributed by atoms with E-state index < -0.39 is 10.0 Å². The molecule has 0 spiro atoms. The maximum Gasteiger partial charge on any atom is 0.244 e. The van der Waals surface area contributed by atoms with Crippen molar-refractivity contribution in [2.75, 3.05) is 13.1 Å². The largest absolute Gasteiger partial charge is 0.363 e. The van der Waals surface area contributed by atoms with E-state index in [0.29, 0.717) is 36.4 Å². The third-order valence-corrected chi connectivity index (χ3v) is 5.70. The Bertz CT molecular complexity index is 530. The maximum absolute atomic E-state index is 12.7. The Labute approximate surface area is 114 Å². The third-order valence-electron chi connectivity index (χ3n) is 3.89. The van der Waals surface area contributed by atoms with Crippen LogP contribution in [0.4, 0.5) is 0 Å². The Balaban J connectivity index is 1.80. The highest BCUT2D eigenvalue weighted by molar-refractivity contribution is 7.89. The molecule has 0 saturated heterocycles. The minimum absolute atomic E-state index is 0.334. The highest BCUT2D eigenvalue weighted by Crippen LogP contribution is 2.35. The molecule has 1 aromatic heterocycles. The van der Waals surface area contributed by atoms with Gasteiger partial charge in [-0.1, -0.05) is 0 Å². The Hall–Kier alpha value is -0.850. The Morgan fingerprint density at radius 2 is 1.79 bits per heavy atom. The van der Waals surface area contributed by atoms with Gasteiger partial charge >= 0.3 is 0 Å². The van der Waals surface area contributed by atoms with Crippen LogP contribution in [0.5, 0.6) is 0 Å². The molecule has 5 nitrogen and oxygen atoms in total. The zero-order valence-corrected chi connectivity index (χ0v) is 11.8. The van der Waals surface area contributed by atoms with Gasteiger partial charge in [-0.25, -0.2) is 8.42 Å². The molecule has 0 radical (unpaired) electrons. The van der Waals surface area contributed by atoms with Gasteiger partial charge in [-0.2, -0.15) is 4.31 Å². The SMILES string of the molecule is NCc1cc(S(=O)(=O)N(CC2CC2)CC2CC2)c[nH]1. The summed E-state index contributed by atoms with van der Waals surface area (Å²) in [6.07, 6.45) is 6.22. The van der Waals surface area contributed by atoms with Crippen LogP contribution in [0.2, 0.25) is 0 Å². The fourth-order valence-corrected chi connectivity index (χ4v) is 3.89. The molecule has 0 aromatic carbocycles. The van der Waals surface area contributed by atoms with Gasteiger partial charge in [0.05, 0.1) is 4.90 Å². The first-order chi connectivity index (χ1) is 9.09. The van der Waals surface area contributed by atoms with Crippen LogP contribution in [-0.2, 0) is 16.6 Å². The number of nitrogens with one attached hydrogen (secondary N) is 1. The highest BCUT2D eigenvalue weighted by atomic mass is 32.2. The van der Waals surface area contributed by atoms with E-state index in [2.05, 4.69) is 4.98 Å². The second kappa shape index (κ2) is 4.92. The van der Waals surface area contributed by atoms with E-state index in [9.17, 15) is 8.42 Å². The second-order valence-corrected chi connectivity index (χ2v) is 7.71. The minimum Gasteiger partial charge on any atom is -0.363 e. The van der Waals surface area contributed by atoms with E-state index >= 15 is 0 Å². The van der Waals surface area contributed by atoms with Gasteiger partial charge in [-0.05, 0) is 43.6 Å². The van der Waals surface area contributed by atoms with Gasteiger partial charge in [0.15, 0.2) is 0 Å². The minimum atomic E-state index is -3.35. The molecule has 19 heavy (non-hydrogen) atoms. The molecule has 0 bridgehead atoms. The van der Waals surface area contributed by atoms with Crippen molar-refractivity contribution in [2.24, 2.45) is 17.6 Å². The number of aromatic amines is 1. The van der Waals surface area contributed by atoms with Gasteiger partial charge in [0.2, 0.25) is 10.0 Å². The van der Waals surface area contributed by atoms with Gasteiger partial charge < -0.3 is 10.7 Å². The molecule has 2 aliphatic rings. The number of sulfonamides is 1. The molecule has 2 fully saturated rings. The van der Waals surface area contributed by atoms with Crippen molar-refractivity contribution < 1.29 is 8.42 Å². The van der Waals surface area contributed by atoms with Crippen LogP contribution in [0.1, 0.15) is 31.4 Å². The van der Waals surface area contributed by atoms with Crippen LogP contribution < -0.4 is 5.73 Å². The molecular weight excluding hydrogens is 262 g/mol. The molecule has 2 saturated carbocycles. The van der Waals surface area contributed by atoms with E-state index in [1.807, 2.05) is 0 Å². The molecule has 3 rings (SSSR count). The quantitative estimate of drug-likeness (QED) is 0.791. The van der Waals surface area contributed by atoms with E-state index in [1.54, 1.807) is 16.6 Å². The molecule has 0 atom stereocenters. The lowest BCUT2D eigenvalue weighted by Gasteiger charge is -2.21. The smallest absolute Gasteiger partial charge is 0.244 e. The maximum atomic E-state index is 12.7.